The molecule has 3 N–H and O–H groups in total. The number of benzene rings is 2. The molecule has 33 heavy (non-hydrogen) atoms. The summed E-state index contributed by atoms with van der Waals surface area (Å²) in [6, 6.07) is 9.32. The van der Waals surface area contributed by atoms with Crippen molar-refractivity contribution in [3.05, 3.63) is 59.2 Å². The van der Waals surface area contributed by atoms with E-state index in [0.29, 0.717) is 36.4 Å². The predicted molar refractivity (Wildman–Crippen MR) is 123 cm³/mol. The van der Waals surface area contributed by atoms with E-state index < -0.39 is 15.8 Å². The molecular formula is C23H25N3O6S. The minimum absolute atomic E-state index is 0.0141. The summed E-state index contributed by atoms with van der Waals surface area (Å²) in [5.41, 5.74) is 7.27. The summed E-state index contributed by atoms with van der Waals surface area (Å²) in [5.74, 6) is -1.30. The van der Waals surface area contributed by atoms with Gasteiger partial charge in [0.1, 0.15) is 5.84 Å². The highest BCUT2D eigenvalue weighted by Crippen LogP contribution is 2.32. The van der Waals surface area contributed by atoms with Crippen molar-refractivity contribution < 1.29 is 28.0 Å². The van der Waals surface area contributed by atoms with Crippen molar-refractivity contribution in [2.45, 2.75) is 36.5 Å². The van der Waals surface area contributed by atoms with Crippen LogP contribution in [-0.2, 0) is 19.5 Å². The van der Waals surface area contributed by atoms with Gasteiger partial charge in [0, 0.05) is 24.1 Å². The van der Waals surface area contributed by atoms with Crippen LogP contribution in [0.1, 0.15) is 42.6 Å². The number of aliphatic imine (C=N–C) groups is 1. The Hall–Kier alpha value is -3.50. The van der Waals surface area contributed by atoms with E-state index in [4.69, 9.17) is 15.7 Å². The quantitative estimate of drug-likeness (QED) is 0.564. The van der Waals surface area contributed by atoms with E-state index in [0.717, 1.165) is 0 Å². The fraction of sp³-hybridized carbons (Fsp3) is 0.261. The van der Waals surface area contributed by atoms with Gasteiger partial charge in [-0.3, -0.25) is 9.63 Å². The molecule has 0 saturated heterocycles. The minimum atomic E-state index is -3.92. The van der Waals surface area contributed by atoms with Crippen LogP contribution in [0.15, 0.2) is 62.8 Å². The van der Waals surface area contributed by atoms with Gasteiger partial charge < -0.3 is 10.8 Å². The van der Waals surface area contributed by atoms with Crippen molar-refractivity contribution >= 4 is 39.3 Å². The second-order valence-electron chi connectivity index (χ2n) is 7.33. The summed E-state index contributed by atoms with van der Waals surface area (Å²) in [7, 11) is -3.92. The second-order valence-corrected chi connectivity index (χ2v) is 9.28. The number of hydroxylamine groups is 2. The third-order valence-corrected chi connectivity index (χ3v) is 6.67. The van der Waals surface area contributed by atoms with Gasteiger partial charge in [0.2, 0.25) is 9.84 Å². The Balaban J connectivity index is 1.99. The fourth-order valence-electron chi connectivity index (χ4n) is 3.33. The highest BCUT2D eigenvalue weighted by atomic mass is 32.2. The molecule has 0 atom stereocenters. The minimum Gasteiger partial charge on any atom is -0.478 e. The number of carboxylic acids is 1. The van der Waals surface area contributed by atoms with Crippen LogP contribution in [0, 0.1) is 0 Å². The number of carboxylic acid groups (broad SMARTS) is 1. The maximum atomic E-state index is 13.1. The van der Waals surface area contributed by atoms with Crippen LogP contribution in [0.2, 0.25) is 0 Å². The van der Waals surface area contributed by atoms with E-state index in [-0.39, 0.29) is 33.5 Å². The number of rotatable bonds is 8. The first kappa shape index (κ1) is 24.1. The standard InChI is InChI=1S/C23H25N3O6S/c1-3-11-26(32-4-2)22(27)17-12-16-7-10-19(14-20(16)25-21(24)13-17)33(30,31)18-8-5-15(6-9-18)23(28)29/h5-10,12,14H,3-4,11,13H2,1-2H3,(H2,24,25)(H,28,29). The fourth-order valence-corrected chi connectivity index (χ4v) is 4.61. The van der Waals surface area contributed by atoms with E-state index in [9.17, 15) is 18.0 Å². The number of aromatic carboxylic acids is 1. The summed E-state index contributed by atoms with van der Waals surface area (Å²) in [5, 5.41) is 10.3. The molecule has 1 aliphatic heterocycles. The first-order valence-electron chi connectivity index (χ1n) is 10.4. The van der Waals surface area contributed by atoms with Crippen molar-refractivity contribution in [1.29, 1.82) is 0 Å². The number of sulfone groups is 1. The zero-order valence-corrected chi connectivity index (χ0v) is 19.1. The number of nitrogens with zero attached hydrogens (tertiary/aromatic N) is 2. The molecule has 174 valence electrons. The van der Waals surface area contributed by atoms with Gasteiger partial charge in [-0.25, -0.2) is 23.3 Å². The van der Waals surface area contributed by atoms with E-state index in [1.165, 1.54) is 41.5 Å². The Bertz CT molecular complexity index is 1230. The molecule has 1 amide bonds. The van der Waals surface area contributed by atoms with Crippen LogP contribution in [0.25, 0.3) is 6.08 Å². The van der Waals surface area contributed by atoms with Crippen molar-refractivity contribution in [3.8, 4) is 0 Å². The molecule has 0 aliphatic carbocycles. The van der Waals surface area contributed by atoms with Gasteiger partial charge >= 0.3 is 5.97 Å². The van der Waals surface area contributed by atoms with Crippen molar-refractivity contribution in [2.75, 3.05) is 13.2 Å². The largest absolute Gasteiger partial charge is 0.478 e. The van der Waals surface area contributed by atoms with Gasteiger partial charge in [-0.2, -0.15) is 0 Å². The smallest absolute Gasteiger partial charge is 0.335 e. The van der Waals surface area contributed by atoms with Gasteiger partial charge in [-0.1, -0.05) is 13.0 Å². The first-order chi connectivity index (χ1) is 15.7. The lowest BCUT2D eigenvalue weighted by Gasteiger charge is -2.21. The second kappa shape index (κ2) is 9.97. The molecule has 0 saturated carbocycles. The molecule has 1 heterocycles. The lowest BCUT2D eigenvalue weighted by atomic mass is 10.1. The molecule has 3 rings (SSSR count). The molecule has 9 nitrogen and oxygen atoms in total. The van der Waals surface area contributed by atoms with E-state index in [1.54, 1.807) is 19.1 Å². The maximum Gasteiger partial charge on any atom is 0.335 e. The molecule has 0 bridgehead atoms. The monoisotopic (exact) mass is 471 g/mol. The van der Waals surface area contributed by atoms with Crippen LogP contribution < -0.4 is 5.73 Å². The lowest BCUT2D eigenvalue weighted by Crippen LogP contribution is -2.34. The Labute approximate surface area is 192 Å². The van der Waals surface area contributed by atoms with E-state index in [1.807, 2.05) is 6.92 Å². The maximum absolute atomic E-state index is 13.1. The molecule has 0 fully saturated rings. The summed E-state index contributed by atoms with van der Waals surface area (Å²) < 4.78 is 26.1. The number of carbonyl (C=O) groups is 2. The Morgan fingerprint density at radius 3 is 2.39 bits per heavy atom. The zero-order chi connectivity index (χ0) is 24.2. The predicted octanol–water partition coefficient (Wildman–Crippen LogP) is 3.18. The van der Waals surface area contributed by atoms with Crippen LogP contribution in [0.5, 0.6) is 0 Å². The number of nitrogens with two attached hydrogens (primary N) is 1. The zero-order valence-electron chi connectivity index (χ0n) is 18.3. The topological polar surface area (TPSA) is 139 Å². The van der Waals surface area contributed by atoms with Crippen molar-refractivity contribution in [1.82, 2.24) is 5.06 Å². The molecule has 2 aromatic rings. The first-order valence-corrected chi connectivity index (χ1v) is 11.9. The van der Waals surface area contributed by atoms with E-state index >= 15 is 0 Å². The number of carbonyl (C=O) groups excluding carboxylic acids is 1. The number of fused-ring (bicyclic) bond motifs is 1. The number of hydrogen-bond donors (Lipinski definition) is 2. The molecule has 0 spiro atoms. The summed E-state index contributed by atoms with van der Waals surface area (Å²) in [6.07, 6.45) is 2.45. The molecule has 1 aliphatic rings. The molecule has 0 aromatic heterocycles. The third-order valence-electron chi connectivity index (χ3n) is 4.90. The Morgan fingerprint density at radius 2 is 1.79 bits per heavy atom. The number of amidine groups is 1. The van der Waals surface area contributed by atoms with Gasteiger partial charge in [0.15, 0.2) is 0 Å². The molecule has 10 heteroatoms. The van der Waals surface area contributed by atoms with Crippen LogP contribution >= 0.6 is 0 Å². The summed E-state index contributed by atoms with van der Waals surface area (Å²) in [6.45, 7) is 4.49. The van der Waals surface area contributed by atoms with Crippen LogP contribution in [-0.4, -0.2) is 49.5 Å². The highest BCUT2D eigenvalue weighted by Gasteiger charge is 2.24. The van der Waals surface area contributed by atoms with Gasteiger partial charge in [0.05, 0.1) is 27.6 Å². The Morgan fingerprint density at radius 1 is 1.12 bits per heavy atom. The van der Waals surface area contributed by atoms with Crippen LogP contribution in [0.3, 0.4) is 0 Å². The van der Waals surface area contributed by atoms with Crippen molar-refractivity contribution in [2.24, 2.45) is 10.7 Å². The summed E-state index contributed by atoms with van der Waals surface area (Å²) >= 11 is 0. The van der Waals surface area contributed by atoms with E-state index in [2.05, 4.69) is 4.99 Å². The van der Waals surface area contributed by atoms with Crippen molar-refractivity contribution in [3.63, 3.8) is 0 Å². The average Bonchev–Trinajstić information content (AvgIpc) is 2.95. The average molecular weight is 472 g/mol. The number of amides is 1. The SMILES string of the molecule is CCCN(OCC)C(=O)C1=Cc2ccc(S(=O)(=O)c3ccc(C(=O)O)cc3)cc2N=C(N)C1. The van der Waals surface area contributed by atoms with Crippen LogP contribution in [0.4, 0.5) is 5.69 Å². The normalized spacial score (nSPS) is 13.4. The Kier molecular flexibility index (Phi) is 7.29. The molecule has 0 radical (unpaired) electrons. The highest BCUT2D eigenvalue weighted by molar-refractivity contribution is 7.91. The van der Waals surface area contributed by atoms with Gasteiger partial charge in [-0.05, 0) is 55.8 Å². The summed E-state index contributed by atoms with van der Waals surface area (Å²) in [4.78, 5) is 33.7. The molecule has 2 aromatic carbocycles. The van der Waals surface area contributed by atoms with Gasteiger partial charge in [-0.15, -0.1) is 0 Å². The van der Waals surface area contributed by atoms with Gasteiger partial charge in [0.25, 0.3) is 5.91 Å². The third kappa shape index (κ3) is 5.29. The molecular weight excluding hydrogens is 446 g/mol. The molecule has 0 unspecified atom stereocenters. The number of hydrogen-bond acceptors (Lipinski definition) is 7. The lowest BCUT2D eigenvalue weighted by molar-refractivity contribution is -0.180.